The van der Waals surface area contributed by atoms with Crippen LogP contribution in [0, 0.1) is 17.5 Å². The Morgan fingerprint density at radius 1 is 1.23 bits per heavy atom. The lowest BCUT2D eigenvalue weighted by molar-refractivity contribution is -0.0618. The van der Waals surface area contributed by atoms with Gasteiger partial charge in [0.2, 0.25) is 5.95 Å². The molecule has 3 atom stereocenters. The Bertz CT molecular complexity index is 967. The average molecular weight is 438 g/mol. The Kier molecular flexibility index (Phi) is 6.40. The molecule has 3 rings (SSSR count). The standard InChI is InChI=1S/C21H25F3N4O3/c1-11(13-7-6-8-14(22)17(13)24)26-19-25-9-15(23)18(27-19)28-16(10-30-20(28)29)12(2)31-21(3,4)5/h6-9,11-12,16H,10H2,1-5H3,(H,25,26,27)/t11-,12+,16+/m0/s1. The fourth-order valence-corrected chi connectivity index (χ4v) is 3.38. The highest BCUT2D eigenvalue weighted by molar-refractivity contribution is 5.89. The minimum Gasteiger partial charge on any atom is -0.447 e. The van der Waals surface area contributed by atoms with Crippen LogP contribution in [0.15, 0.2) is 24.4 Å². The van der Waals surface area contributed by atoms with Gasteiger partial charge in [-0.2, -0.15) is 4.98 Å². The van der Waals surface area contributed by atoms with E-state index in [1.165, 1.54) is 12.1 Å². The van der Waals surface area contributed by atoms with E-state index in [1.807, 2.05) is 20.8 Å². The van der Waals surface area contributed by atoms with Gasteiger partial charge in [0.1, 0.15) is 12.6 Å². The predicted molar refractivity (Wildman–Crippen MR) is 108 cm³/mol. The zero-order chi connectivity index (χ0) is 22.9. The van der Waals surface area contributed by atoms with Crippen molar-refractivity contribution in [3.8, 4) is 0 Å². The molecule has 31 heavy (non-hydrogen) atoms. The molecule has 7 nitrogen and oxygen atoms in total. The number of cyclic esters (lactones) is 1. The minimum atomic E-state index is -0.999. The van der Waals surface area contributed by atoms with E-state index < -0.39 is 47.3 Å². The summed E-state index contributed by atoms with van der Waals surface area (Å²) in [6.45, 7) is 8.95. The van der Waals surface area contributed by atoms with Crippen LogP contribution in [-0.4, -0.2) is 40.4 Å². The lowest BCUT2D eigenvalue weighted by Gasteiger charge is -2.31. The van der Waals surface area contributed by atoms with E-state index >= 15 is 0 Å². The fourth-order valence-electron chi connectivity index (χ4n) is 3.38. The predicted octanol–water partition coefficient (Wildman–Crippen LogP) is 4.60. The molecular weight excluding hydrogens is 413 g/mol. The van der Waals surface area contributed by atoms with Gasteiger partial charge in [0.15, 0.2) is 23.3 Å². The van der Waals surface area contributed by atoms with Crippen LogP contribution >= 0.6 is 0 Å². The molecule has 2 aromatic rings. The van der Waals surface area contributed by atoms with Gasteiger partial charge >= 0.3 is 6.09 Å². The number of anilines is 2. The van der Waals surface area contributed by atoms with Gasteiger partial charge in [0.25, 0.3) is 0 Å². The summed E-state index contributed by atoms with van der Waals surface area (Å²) < 4.78 is 53.2. The molecule has 1 aromatic carbocycles. The molecular formula is C21H25F3N4O3. The Labute approximate surface area is 178 Å². The summed E-state index contributed by atoms with van der Waals surface area (Å²) in [6, 6.07) is 2.47. The zero-order valence-corrected chi connectivity index (χ0v) is 17.9. The van der Waals surface area contributed by atoms with Crippen molar-refractivity contribution in [3.63, 3.8) is 0 Å². The van der Waals surface area contributed by atoms with E-state index in [2.05, 4.69) is 15.3 Å². The first-order valence-corrected chi connectivity index (χ1v) is 9.84. The van der Waals surface area contributed by atoms with Crippen LogP contribution in [0.5, 0.6) is 0 Å². The van der Waals surface area contributed by atoms with Crippen LogP contribution in [0.3, 0.4) is 0 Å². The molecule has 0 saturated carbocycles. The minimum absolute atomic E-state index is 0.00713. The molecule has 1 aliphatic heterocycles. The van der Waals surface area contributed by atoms with Gasteiger partial charge in [-0.05, 0) is 40.7 Å². The van der Waals surface area contributed by atoms with Crippen molar-refractivity contribution in [2.45, 2.75) is 58.4 Å². The number of aromatic nitrogens is 2. The molecule has 0 aliphatic carbocycles. The van der Waals surface area contributed by atoms with Gasteiger partial charge in [-0.1, -0.05) is 12.1 Å². The van der Waals surface area contributed by atoms with Crippen LogP contribution in [0.2, 0.25) is 0 Å². The Morgan fingerprint density at radius 2 is 1.94 bits per heavy atom. The second-order valence-corrected chi connectivity index (χ2v) is 8.32. The number of carbonyl (C=O) groups excluding carboxylic acids is 1. The first-order chi connectivity index (χ1) is 14.5. The Hall–Kier alpha value is -2.88. The Morgan fingerprint density at radius 3 is 2.61 bits per heavy atom. The van der Waals surface area contributed by atoms with Gasteiger partial charge in [-0.15, -0.1) is 0 Å². The quantitative estimate of drug-likeness (QED) is 0.711. The largest absolute Gasteiger partial charge is 0.447 e. The number of ether oxygens (including phenoxy) is 2. The number of nitrogens with one attached hydrogen (secondary N) is 1. The smallest absolute Gasteiger partial charge is 0.416 e. The highest BCUT2D eigenvalue weighted by Crippen LogP contribution is 2.29. The third kappa shape index (κ3) is 5.07. The second kappa shape index (κ2) is 8.70. The number of rotatable bonds is 6. The van der Waals surface area contributed by atoms with E-state index in [0.717, 1.165) is 17.2 Å². The van der Waals surface area contributed by atoms with E-state index in [9.17, 15) is 18.0 Å². The van der Waals surface area contributed by atoms with E-state index in [-0.39, 0.29) is 23.9 Å². The fraction of sp³-hybridized carbons (Fsp3) is 0.476. The summed E-state index contributed by atoms with van der Waals surface area (Å²) in [6.07, 6.45) is -0.336. The number of carbonyl (C=O) groups is 1. The van der Waals surface area contributed by atoms with Crippen LogP contribution in [-0.2, 0) is 9.47 Å². The SMILES string of the molecule is C[C@H](Nc1ncc(F)c(N2C(=O)OC[C@@H]2[C@@H](C)OC(C)(C)C)n1)c1cccc(F)c1F. The number of hydrogen-bond donors (Lipinski definition) is 1. The lowest BCUT2D eigenvalue weighted by Crippen LogP contribution is -2.45. The monoisotopic (exact) mass is 438 g/mol. The summed E-state index contributed by atoms with van der Waals surface area (Å²) in [4.78, 5) is 21.4. The summed E-state index contributed by atoms with van der Waals surface area (Å²) in [5.74, 6) is -3.16. The molecule has 0 radical (unpaired) electrons. The Balaban J connectivity index is 1.87. The zero-order valence-electron chi connectivity index (χ0n) is 17.9. The van der Waals surface area contributed by atoms with Gasteiger partial charge in [0, 0.05) is 5.56 Å². The molecule has 10 heteroatoms. The third-order valence-electron chi connectivity index (χ3n) is 4.73. The molecule has 0 unspecified atom stereocenters. The summed E-state index contributed by atoms with van der Waals surface area (Å²) in [5, 5.41) is 2.81. The van der Waals surface area contributed by atoms with E-state index in [0.29, 0.717) is 0 Å². The highest BCUT2D eigenvalue weighted by atomic mass is 19.2. The van der Waals surface area contributed by atoms with Crippen molar-refractivity contribution in [2.75, 3.05) is 16.8 Å². The van der Waals surface area contributed by atoms with Crippen molar-refractivity contribution >= 4 is 17.9 Å². The van der Waals surface area contributed by atoms with E-state index in [4.69, 9.17) is 9.47 Å². The third-order valence-corrected chi connectivity index (χ3v) is 4.73. The number of benzene rings is 1. The maximum absolute atomic E-state index is 14.6. The molecule has 1 amide bonds. The van der Waals surface area contributed by atoms with Gasteiger partial charge in [-0.25, -0.2) is 27.8 Å². The molecule has 1 N–H and O–H groups in total. The summed E-state index contributed by atoms with van der Waals surface area (Å²) >= 11 is 0. The molecule has 2 heterocycles. The van der Waals surface area contributed by atoms with Crippen LogP contribution in [0.25, 0.3) is 0 Å². The number of amides is 1. The molecule has 0 bridgehead atoms. The first kappa shape index (κ1) is 22.8. The van der Waals surface area contributed by atoms with Crippen molar-refractivity contribution in [2.24, 2.45) is 0 Å². The summed E-state index contributed by atoms with van der Waals surface area (Å²) in [7, 11) is 0. The average Bonchev–Trinajstić information content (AvgIpc) is 3.05. The molecule has 0 spiro atoms. The molecule has 1 fully saturated rings. The number of halogens is 3. The molecule has 1 aromatic heterocycles. The van der Waals surface area contributed by atoms with Crippen molar-refractivity contribution < 1.29 is 27.4 Å². The molecule has 1 aliphatic rings. The first-order valence-electron chi connectivity index (χ1n) is 9.84. The van der Waals surface area contributed by atoms with Crippen LogP contribution < -0.4 is 10.2 Å². The van der Waals surface area contributed by atoms with Crippen molar-refractivity contribution in [3.05, 3.63) is 47.4 Å². The topological polar surface area (TPSA) is 76.6 Å². The van der Waals surface area contributed by atoms with Gasteiger partial charge in [-0.3, -0.25) is 0 Å². The number of hydrogen-bond acceptors (Lipinski definition) is 6. The van der Waals surface area contributed by atoms with Gasteiger partial charge < -0.3 is 14.8 Å². The normalized spacial score (nSPS) is 18.6. The van der Waals surface area contributed by atoms with E-state index in [1.54, 1.807) is 13.8 Å². The lowest BCUT2D eigenvalue weighted by atomic mass is 10.1. The molecule has 168 valence electrons. The highest BCUT2D eigenvalue weighted by Gasteiger charge is 2.41. The van der Waals surface area contributed by atoms with Gasteiger partial charge in [0.05, 0.1) is 23.9 Å². The summed E-state index contributed by atoms with van der Waals surface area (Å²) in [5.41, 5.74) is -0.432. The van der Waals surface area contributed by atoms with Crippen LogP contribution in [0.4, 0.5) is 29.7 Å². The second-order valence-electron chi connectivity index (χ2n) is 8.32. The number of nitrogens with zero attached hydrogens (tertiary/aromatic N) is 3. The van der Waals surface area contributed by atoms with Crippen molar-refractivity contribution in [1.82, 2.24) is 9.97 Å². The maximum atomic E-state index is 14.6. The molecule has 1 saturated heterocycles. The van der Waals surface area contributed by atoms with Crippen LogP contribution in [0.1, 0.15) is 46.2 Å². The maximum Gasteiger partial charge on any atom is 0.416 e. The van der Waals surface area contributed by atoms with Crippen molar-refractivity contribution in [1.29, 1.82) is 0 Å².